The molecule has 0 fully saturated rings. The zero-order valence-corrected chi connectivity index (χ0v) is 10.1. The summed E-state index contributed by atoms with van der Waals surface area (Å²) >= 11 is 1.35. The lowest BCUT2D eigenvalue weighted by atomic mass is 10.1. The number of halogens is 1. The second-order valence-electron chi connectivity index (χ2n) is 3.46. The lowest BCUT2D eigenvalue weighted by Crippen LogP contribution is -2.30. The summed E-state index contributed by atoms with van der Waals surface area (Å²) in [6.45, 7) is 0. The number of aromatic amines is 1. The molecule has 0 aliphatic rings. The van der Waals surface area contributed by atoms with Crippen LogP contribution in [0.5, 0.6) is 0 Å². The van der Waals surface area contributed by atoms with E-state index in [1.54, 1.807) is 12.4 Å². The van der Waals surface area contributed by atoms with Gasteiger partial charge in [-0.05, 0) is 23.8 Å². The van der Waals surface area contributed by atoms with Gasteiger partial charge in [0.05, 0.1) is 0 Å². The number of hydrogen-bond donors (Lipinski definition) is 3. The fourth-order valence-electron chi connectivity index (χ4n) is 1.39. The standard InChI is InChI=1S/C11H11FN4OS/c12-9-2-1-7(10(17)16-13)5-8(9)6-18-11-14-3-4-15-11/h1-5H,6,13H2,(H,14,15)(H,16,17). The molecule has 2 rings (SSSR count). The third-order valence-electron chi connectivity index (χ3n) is 2.28. The van der Waals surface area contributed by atoms with Gasteiger partial charge in [0.15, 0.2) is 5.16 Å². The van der Waals surface area contributed by atoms with Crippen LogP contribution in [0.15, 0.2) is 35.7 Å². The van der Waals surface area contributed by atoms with Gasteiger partial charge in [0.25, 0.3) is 5.91 Å². The highest BCUT2D eigenvalue weighted by Crippen LogP contribution is 2.21. The van der Waals surface area contributed by atoms with Gasteiger partial charge in [0.2, 0.25) is 0 Å². The minimum atomic E-state index is -0.445. The maximum Gasteiger partial charge on any atom is 0.265 e. The predicted octanol–water partition coefficient (Wildman–Crippen LogP) is 1.44. The van der Waals surface area contributed by atoms with Gasteiger partial charge >= 0.3 is 0 Å². The molecule has 4 N–H and O–H groups in total. The van der Waals surface area contributed by atoms with Crippen LogP contribution in [0.1, 0.15) is 15.9 Å². The normalized spacial score (nSPS) is 10.3. The molecule has 0 saturated carbocycles. The second kappa shape index (κ2) is 5.65. The zero-order chi connectivity index (χ0) is 13.0. The smallest absolute Gasteiger partial charge is 0.265 e. The summed E-state index contributed by atoms with van der Waals surface area (Å²) in [5, 5.41) is 0.697. The van der Waals surface area contributed by atoms with Crippen LogP contribution < -0.4 is 11.3 Å². The molecule has 94 valence electrons. The van der Waals surface area contributed by atoms with Crippen molar-refractivity contribution in [2.45, 2.75) is 10.9 Å². The van der Waals surface area contributed by atoms with Crippen molar-refractivity contribution in [3.8, 4) is 0 Å². The number of hydrogen-bond acceptors (Lipinski definition) is 4. The fourth-order valence-corrected chi connectivity index (χ4v) is 2.19. The number of hydrazine groups is 1. The Morgan fingerprint density at radius 2 is 2.39 bits per heavy atom. The number of carbonyl (C=O) groups excluding carboxylic acids is 1. The van der Waals surface area contributed by atoms with Crippen LogP contribution in [-0.2, 0) is 5.75 Å². The first-order valence-corrected chi connectivity index (χ1v) is 6.11. The van der Waals surface area contributed by atoms with Gasteiger partial charge in [-0.2, -0.15) is 0 Å². The SMILES string of the molecule is NNC(=O)c1ccc(F)c(CSc2ncc[nH]2)c1. The van der Waals surface area contributed by atoms with E-state index in [1.807, 2.05) is 5.43 Å². The Balaban J connectivity index is 2.13. The van der Waals surface area contributed by atoms with E-state index in [4.69, 9.17) is 5.84 Å². The Bertz CT molecular complexity index is 544. The number of nitrogens with zero attached hydrogens (tertiary/aromatic N) is 1. The Labute approximate surface area is 107 Å². The van der Waals surface area contributed by atoms with Gasteiger partial charge in [0, 0.05) is 23.7 Å². The van der Waals surface area contributed by atoms with E-state index in [0.717, 1.165) is 0 Å². The summed E-state index contributed by atoms with van der Waals surface area (Å²) < 4.78 is 13.6. The summed E-state index contributed by atoms with van der Waals surface area (Å²) in [6.07, 6.45) is 3.31. The number of benzene rings is 1. The minimum absolute atomic E-state index is 0.328. The van der Waals surface area contributed by atoms with Gasteiger partial charge in [-0.15, -0.1) is 0 Å². The highest BCUT2D eigenvalue weighted by atomic mass is 32.2. The third-order valence-corrected chi connectivity index (χ3v) is 3.23. The number of amides is 1. The molecule has 0 atom stereocenters. The summed E-state index contributed by atoms with van der Waals surface area (Å²) in [5.74, 6) is 4.61. The van der Waals surface area contributed by atoms with Crippen molar-refractivity contribution in [1.82, 2.24) is 15.4 Å². The molecular formula is C11H11FN4OS. The van der Waals surface area contributed by atoms with Gasteiger partial charge in [-0.25, -0.2) is 15.2 Å². The molecule has 2 aromatic rings. The molecule has 5 nitrogen and oxygen atoms in total. The van der Waals surface area contributed by atoms with Crippen LogP contribution in [-0.4, -0.2) is 15.9 Å². The van der Waals surface area contributed by atoms with E-state index < -0.39 is 5.91 Å². The molecule has 0 unspecified atom stereocenters. The van der Waals surface area contributed by atoms with Crippen molar-refractivity contribution in [3.05, 3.63) is 47.5 Å². The van der Waals surface area contributed by atoms with Crippen molar-refractivity contribution < 1.29 is 9.18 Å². The summed E-state index contributed by atoms with van der Waals surface area (Å²) in [5.41, 5.74) is 2.77. The lowest BCUT2D eigenvalue weighted by Gasteiger charge is -2.05. The van der Waals surface area contributed by atoms with Crippen LogP contribution in [0.3, 0.4) is 0 Å². The Kier molecular flexibility index (Phi) is 3.96. The number of nitrogens with two attached hydrogens (primary N) is 1. The minimum Gasteiger partial charge on any atom is -0.340 e. The van der Waals surface area contributed by atoms with Crippen LogP contribution in [0.25, 0.3) is 0 Å². The van der Waals surface area contributed by atoms with Crippen LogP contribution in [0.2, 0.25) is 0 Å². The number of nitrogens with one attached hydrogen (secondary N) is 2. The molecule has 0 radical (unpaired) electrons. The summed E-state index contributed by atoms with van der Waals surface area (Å²) in [7, 11) is 0. The molecule has 1 aromatic heterocycles. The average Bonchev–Trinajstić information content (AvgIpc) is 2.90. The Morgan fingerprint density at radius 3 is 3.06 bits per heavy atom. The predicted molar refractivity (Wildman–Crippen MR) is 66.2 cm³/mol. The van der Waals surface area contributed by atoms with E-state index in [0.29, 0.717) is 22.0 Å². The molecule has 0 aliphatic carbocycles. The van der Waals surface area contributed by atoms with Crippen molar-refractivity contribution in [2.75, 3.05) is 0 Å². The summed E-state index contributed by atoms with van der Waals surface area (Å²) in [4.78, 5) is 18.3. The number of H-pyrrole nitrogens is 1. The number of nitrogen functional groups attached to an aromatic ring is 1. The Morgan fingerprint density at radius 1 is 1.56 bits per heavy atom. The first kappa shape index (κ1) is 12.6. The van der Waals surface area contributed by atoms with E-state index >= 15 is 0 Å². The number of imidazole rings is 1. The number of carbonyl (C=O) groups is 1. The van der Waals surface area contributed by atoms with Gasteiger partial charge in [0.1, 0.15) is 5.82 Å². The molecule has 1 heterocycles. The fraction of sp³-hybridized carbons (Fsp3) is 0.0909. The molecule has 0 spiro atoms. The van der Waals surface area contributed by atoms with Crippen molar-refractivity contribution in [3.63, 3.8) is 0 Å². The quantitative estimate of drug-likeness (QED) is 0.338. The molecule has 7 heteroatoms. The second-order valence-corrected chi connectivity index (χ2v) is 4.43. The third kappa shape index (κ3) is 2.88. The Hall–Kier alpha value is -1.86. The molecule has 1 aromatic carbocycles. The van der Waals surface area contributed by atoms with Crippen molar-refractivity contribution in [1.29, 1.82) is 0 Å². The maximum atomic E-state index is 13.6. The topological polar surface area (TPSA) is 83.8 Å². The maximum absolute atomic E-state index is 13.6. The van der Waals surface area contributed by atoms with Crippen molar-refractivity contribution >= 4 is 17.7 Å². The van der Waals surface area contributed by atoms with Crippen molar-refractivity contribution in [2.24, 2.45) is 5.84 Å². The number of thioether (sulfide) groups is 1. The highest BCUT2D eigenvalue weighted by Gasteiger charge is 2.09. The van der Waals surface area contributed by atoms with Crippen LogP contribution in [0.4, 0.5) is 4.39 Å². The van der Waals surface area contributed by atoms with E-state index in [9.17, 15) is 9.18 Å². The summed E-state index contributed by atoms with van der Waals surface area (Å²) in [6, 6.07) is 4.12. The van der Waals surface area contributed by atoms with Gasteiger partial charge in [-0.3, -0.25) is 10.2 Å². The van der Waals surface area contributed by atoms with Gasteiger partial charge in [-0.1, -0.05) is 11.8 Å². The van der Waals surface area contributed by atoms with E-state index in [-0.39, 0.29) is 5.82 Å². The first-order valence-electron chi connectivity index (χ1n) is 5.12. The molecular weight excluding hydrogens is 255 g/mol. The number of rotatable bonds is 4. The molecule has 0 aliphatic heterocycles. The first-order chi connectivity index (χ1) is 8.70. The highest BCUT2D eigenvalue weighted by molar-refractivity contribution is 7.98. The average molecular weight is 266 g/mol. The number of aromatic nitrogens is 2. The van der Waals surface area contributed by atoms with E-state index in [2.05, 4.69) is 9.97 Å². The molecule has 18 heavy (non-hydrogen) atoms. The lowest BCUT2D eigenvalue weighted by molar-refractivity contribution is 0.0953. The largest absolute Gasteiger partial charge is 0.340 e. The van der Waals surface area contributed by atoms with E-state index in [1.165, 1.54) is 30.0 Å². The van der Waals surface area contributed by atoms with Crippen LogP contribution >= 0.6 is 11.8 Å². The molecule has 0 saturated heterocycles. The van der Waals surface area contributed by atoms with Crippen LogP contribution in [0, 0.1) is 5.82 Å². The molecule has 1 amide bonds. The monoisotopic (exact) mass is 266 g/mol. The zero-order valence-electron chi connectivity index (χ0n) is 9.31. The van der Waals surface area contributed by atoms with Gasteiger partial charge < -0.3 is 4.98 Å². The molecule has 0 bridgehead atoms.